The first-order chi connectivity index (χ1) is 19.2. The van der Waals surface area contributed by atoms with Crippen LogP contribution in [0.5, 0.6) is 5.75 Å². The molecule has 2 amide bonds. The van der Waals surface area contributed by atoms with E-state index in [1.165, 1.54) is 6.42 Å². The van der Waals surface area contributed by atoms with E-state index in [0.29, 0.717) is 31.4 Å². The summed E-state index contributed by atoms with van der Waals surface area (Å²) in [7, 11) is 3.97. The van der Waals surface area contributed by atoms with E-state index in [1.807, 2.05) is 54.2 Å². The highest BCUT2D eigenvalue weighted by Gasteiger charge is 2.30. The Balaban J connectivity index is 1.61. The number of fused-ring (bicyclic) bond motifs is 1. The van der Waals surface area contributed by atoms with Crippen molar-refractivity contribution in [2.75, 3.05) is 56.7 Å². The first-order valence-corrected chi connectivity index (χ1v) is 15.1. The third-order valence-electron chi connectivity index (χ3n) is 8.44. The highest BCUT2D eigenvalue weighted by Crippen LogP contribution is 2.32. The number of benzene rings is 2. The number of hydrogen-bond acceptors (Lipinski definition) is 5. The number of amides is 2. The number of ether oxygens (including phenoxy) is 1. The van der Waals surface area contributed by atoms with E-state index in [9.17, 15) is 9.59 Å². The molecule has 1 saturated carbocycles. The van der Waals surface area contributed by atoms with Crippen LogP contribution in [-0.4, -0.2) is 74.5 Å². The van der Waals surface area contributed by atoms with Crippen molar-refractivity contribution in [3.05, 3.63) is 53.6 Å². The fourth-order valence-electron chi connectivity index (χ4n) is 6.03. The Morgan fingerprint density at radius 2 is 1.70 bits per heavy atom. The van der Waals surface area contributed by atoms with Crippen LogP contribution in [0, 0.1) is 12.8 Å². The standard InChI is InChI=1S/C33H48N4O3/c1-25(2)35-18-11-19-37(33(39)27-13-7-6-8-14-27)32-26(3)12-9-15-28(32)23-36(21-20-35)31(38)24-40-30-17-10-16-29(22-30)34(4)5/h9-10,12,15-17,22,25,27H,6-8,11,13-14,18-21,23-24H2,1-5H3. The van der Waals surface area contributed by atoms with Crippen LogP contribution in [0.1, 0.15) is 63.5 Å². The molecule has 218 valence electrons. The highest BCUT2D eigenvalue weighted by atomic mass is 16.5. The summed E-state index contributed by atoms with van der Waals surface area (Å²) in [5.74, 6) is 0.988. The number of carbonyl (C=O) groups is 2. The lowest BCUT2D eigenvalue weighted by atomic mass is 9.87. The number of aryl methyl sites for hydroxylation is 1. The van der Waals surface area contributed by atoms with Crippen LogP contribution in [-0.2, 0) is 16.1 Å². The van der Waals surface area contributed by atoms with Gasteiger partial charge in [-0.3, -0.25) is 14.5 Å². The summed E-state index contributed by atoms with van der Waals surface area (Å²) in [6.07, 6.45) is 6.35. The van der Waals surface area contributed by atoms with Crippen LogP contribution in [0.15, 0.2) is 42.5 Å². The molecule has 0 unspecified atom stereocenters. The first-order valence-electron chi connectivity index (χ1n) is 15.1. The second-order valence-electron chi connectivity index (χ2n) is 11.9. The van der Waals surface area contributed by atoms with Gasteiger partial charge in [0.2, 0.25) is 5.91 Å². The number of para-hydroxylation sites is 1. The van der Waals surface area contributed by atoms with E-state index in [4.69, 9.17) is 4.74 Å². The Labute approximate surface area is 241 Å². The fourth-order valence-corrected chi connectivity index (χ4v) is 6.03. The van der Waals surface area contributed by atoms with Crippen molar-refractivity contribution in [2.45, 2.75) is 71.9 Å². The van der Waals surface area contributed by atoms with Crippen LogP contribution in [0.25, 0.3) is 0 Å². The third-order valence-corrected chi connectivity index (χ3v) is 8.44. The van der Waals surface area contributed by atoms with Gasteiger partial charge in [-0.1, -0.05) is 43.5 Å². The number of nitrogens with zero attached hydrogens (tertiary/aromatic N) is 4. The van der Waals surface area contributed by atoms with E-state index in [-0.39, 0.29) is 24.3 Å². The second-order valence-corrected chi connectivity index (χ2v) is 11.9. The maximum atomic E-state index is 14.0. The lowest BCUT2D eigenvalue weighted by Crippen LogP contribution is -2.42. The summed E-state index contributed by atoms with van der Waals surface area (Å²) in [5, 5.41) is 0. The number of hydrogen-bond donors (Lipinski definition) is 0. The van der Waals surface area contributed by atoms with Crippen molar-refractivity contribution < 1.29 is 14.3 Å². The van der Waals surface area contributed by atoms with Gasteiger partial charge >= 0.3 is 0 Å². The summed E-state index contributed by atoms with van der Waals surface area (Å²) < 4.78 is 5.99. The SMILES string of the molecule is Cc1cccc2c1N(C(=O)C1CCCCC1)CCCN(C(C)C)CCN(C(=O)COc1cccc(N(C)C)c1)C2. The van der Waals surface area contributed by atoms with E-state index in [2.05, 4.69) is 42.7 Å². The molecule has 0 spiro atoms. The smallest absolute Gasteiger partial charge is 0.260 e. The van der Waals surface area contributed by atoms with Crippen LogP contribution in [0.3, 0.4) is 0 Å². The van der Waals surface area contributed by atoms with E-state index in [1.54, 1.807) is 0 Å². The summed E-state index contributed by atoms with van der Waals surface area (Å²) in [5.41, 5.74) is 4.14. The van der Waals surface area contributed by atoms with Gasteiger partial charge in [0.05, 0.1) is 5.69 Å². The molecule has 1 aliphatic carbocycles. The van der Waals surface area contributed by atoms with Crippen molar-refractivity contribution in [3.63, 3.8) is 0 Å². The third kappa shape index (κ3) is 7.57. The molecular weight excluding hydrogens is 500 g/mol. The predicted molar refractivity (Wildman–Crippen MR) is 163 cm³/mol. The lowest BCUT2D eigenvalue weighted by molar-refractivity contribution is -0.134. The molecule has 2 aromatic carbocycles. The van der Waals surface area contributed by atoms with Gasteiger partial charge in [0, 0.05) is 70.5 Å². The van der Waals surface area contributed by atoms with Crippen LogP contribution >= 0.6 is 0 Å². The zero-order valence-corrected chi connectivity index (χ0v) is 25.2. The Morgan fingerprint density at radius 3 is 2.42 bits per heavy atom. The second kappa shape index (κ2) is 14.0. The normalized spacial score (nSPS) is 17.8. The minimum atomic E-state index is -0.0455. The van der Waals surface area contributed by atoms with Crippen LogP contribution in [0.2, 0.25) is 0 Å². The molecule has 0 aromatic heterocycles. The van der Waals surface area contributed by atoms with Crippen LogP contribution in [0.4, 0.5) is 11.4 Å². The Kier molecular flexibility index (Phi) is 10.5. The van der Waals surface area contributed by atoms with Crippen molar-refractivity contribution in [2.24, 2.45) is 5.92 Å². The number of carbonyl (C=O) groups excluding carboxylic acids is 2. The molecule has 1 heterocycles. The molecule has 1 fully saturated rings. The Bertz CT molecular complexity index is 1140. The number of anilines is 2. The van der Waals surface area contributed by atoms with Crippen molar-refractivity contribution in [1.82, 2.24) is 9.80 Å². The molecule has 7 heteroatoms. The van der Waals surface area contributed by atoms with Crippen molar-refractivity contribution in [1.29, 1.82) is 0 Å². The lowest BCUT2D eigenvalue weighted by Gasteiger charge is -2.33. The molecule has 2 aliphatic rings. The molecule has 7 nitrogen and oxygen atoms in total. The van der Waals surface area contributed by atoms with Gasteiger partial charge in [-0.05, 0) is 63.3 Å². The Morgan fingerprint density at radius 1 is 0.950 bits per heavy atom. The van der Waals surface area contributed by atoms with Crippen LogP contribution < -0.4 is 14.5 Å². The summed E-state index contributed by atoms with van der Waals surface area (Å²) >= 11 is 0. The van der Waals surface area contributed by atoms with Gasteiger partial charge in [-0.2, -0.15) is 0 Å². The highest BCUT2D eigenvalue weighted by molar-refractivity contribution is 5.96. The van der Waals surface area contributed by atoms with Gasteiger partial charge in [0.25, 0.3) is 5.91 Å². The maximum Gasteiger partial charge on any atom is 0.260 e. The molecule has 0 saturated heterocycles. The fraction of sp³-hybridized carbons (Fsp3) is 0.576. The van der Waals surface area contributed by atoms with Gasteiger partial charge < -0.3 is 19.4 Å². The molecule has 40 heavy (non-hydrogen) atoms. The molecule has 1 aliphatic heterocycles. The molecule has 2 aromatic rings. The minimum Gasteiger partial charge on any atom is -0.484 e. The quantitative estimate of drug-likeness (QED) is 0.478. The topological polar surface area (TPSA) is 56.3 Å². The zero-order valence-electron chi connectivity index (χ0n) is 25.2. The van der Waals surface area contributed by atoms with E-state index >= 15 is 0 Å². The van der Waals surface area contributed by atoms with Crippen molar-refractivity contribution >= 4 is 23.2 Å². The van der Waals surface area contributed by atoms with Crippen molar-refractivity contribution in [3.8, 4) is 5.75 Å². The molecule has 0 bridgehead atoms. The molecule has 0 atom stereocenters. The first kappa shape index (κ1) is 29.9. The predicted octanol–water partition coefficient (Wildman–Crippen LogP) is 5.50. The molecule has 0 radical (unpaired) electrons. The van der Waals surface area contributed by atoms with E-state index in [0.717, 1.165) is 67.7 Å². The Hall–Kier alpha value is -3.06. The van der Waals surface area contributed by atoms with E-state index < -0.39 is 0 Å². The summed E-state index contributed by atoms with van der Waals surface area (Å²) in [6.45, 7) is 9.93. The average Bonchev–Trinajstić information content (AvgIpc) is 2.99. The zero-order chi connectivity index (χ0) is 28.6. The number of rotatable bonds is 6. The minimum absolute atomic E-state index is 0.0234. The summed E-state index contributed by atoms with van der Waals surface area (Å²) in [6, 6.07) is 14.4. The van der Waals surface area contributed by atoms with Gasteiger partial charge in [0.15, 0.2) is 6.61 Å². The monoisotopic (exact) mass is 548 g/mol. The largest absolute Gasteiger partial charge is 0.484 e. The van der Waals surface area contributed by atoms with Gasteiger partial charge in [-0.25, -0.2) is 0 Å². The molecule has 4 rings (SSSR count). The maximum absolute atomic E-state index is 14.0. The van der Waals surface area contributed by atoms with Gasteiger partial charge in [0.1, 0.15) is 5.75 Å². The average molecular weight is 549 g/mol. The molecular formula is C33H48N4O3. The summed E-state index contributed by atoms with van der Waals surface area (Å²) in [4.78, 5) is 36.1. The molecule has 0 N–H and O–H groups in total. The van der Waals surface area contributed by atoms with Gasteiger partial charge in [-0.15, -0.1) is 0 Å².